The summed E-state index contributed by atoms with van der Waals surface area (Å²) in [7, 11) is 0. The first-order valence-corrected chi connectivity index (χ1v) is 6.42. The topological polar surface area (TPSA) is 66.8 Å². The van der Waals surface area contributed by atoms with E-state index in [1.54, 1.807) is 0 Å². The molecule has 1 rings (SSSR count). The van der Waals surface area contributed by atoms with Gasteiger partial charge in [0.05, 0.1) is 6.10 Å². The van der Waals surface area contributed by atoms with Gasteiger partial charge in [0, 0.05) is 0 Å². The molecule has 0 aromatic heterocycles. The van der Waals surface area contributed by atoms with E-state index in [9.17, 15) is 9.32 Å². The van der Waals surface area contributed by atoms with Crippen molar-refractivity contribution in [3.8, 4) is 0 Å². The summed E-state index contributed by atoms with van der Waals surface area (Å²) in [5, 5.41) is 9.94. The lowest BCUT2D eigenvalue weighted by Gasteiger charge is -2.39. The molecule has 90 valence electrons. The van der Waals surface area contributed by atoms with Crippen LogP contribution in [-0.2, 0) is 15.5 Å². The van der Waals surface area contributed by atoms with Crippen LogP contribution in [0.4, 0.5) is 0 Å². The van der Waals surface area contributed by atoms with Gasteiger partial charge in [-0.25, -0.2) is 0 Å². The van der Waals surface area contributed by atoms with Crippen LogP contribution in [0.1, 0.15) is 33.6 Å². The van der Waals surface area contributed by atoms with Gasteiger partial charge in [-0.2, -0.15) is 4.21 Å². The minimum absolute atomic E-state index is 0.133. The predicted octanol–water partition coefficient (Wildman–Crippen LogP) is 1.57. The lowest BCUT2D eigenvalue weighted by Crippen LogP contribution is -2.46. The van der Waals surface area contributed by atoms with Crippen molar-refractivity contribution in [2.45, 2.75) is 45.8 Å². The largest absolute Gasteiger partial charge is 0.390 e. The van der Waals surface area contributed by atoms with Crippen molar-refractivity contribution in [2.24, 2.45) is 17.8 Å². The van der Waals surface area contributed by atoms with Crippen molar-refractivity contribution >= 4 is 11.4 Å². The van der Waals surface area contributed by atoms with Crippen LogP contribution in [-0.4, -0.2) is 26.1 Å². The van der Waals surface area contributed by atoms with Crippen LogP contribution < -0.4 is 0 Å². The average Bonchev–Trinajstić information content (AvgIpc) is 2.12. The molecular weight excluding hydrogens is 216 g/mol. The van der Waals surface area contributed by atoms with Gasteiger partial charge in [0.15, 0.2) is 0 Å². The summed E-state index contributed by atoms with van der Waals surface area (Å²) in [4.78, 5) is 0. The van der Waals surface area contributed by atoms with Crippen molar-refractivity contribution in [3.05, 3.63) is 0 Å². The third-order valence-electron chi connectivity index (χ3n) is 3.35. The second kappa shape index (κ2) is 5.39. The van der Waals surface area contributed by atoms with E-state index < -0.39 is 23.6 Å². The summed E-state index contributed by atoms with van der Waals surface area (Å²) >= 11 is -2.30. The fourth-order valence-electron chi connectivity index (χ4n) is 2.30. The zero-order chi connectivity index (χ0) is 11.6. The van der Waals surface area contributed by atoms with Gasteiger partial charge in [0.25, 0.3) is 0 Å². The van der Waals surface area contributed by atoms with Crippen molar-refractivity contribution < 1.29 is 18.1 Å². The molecule has 0 amide bonds. The highest BCUT2D eigenvalue weighted by Gasteiger charge is 2.39. The zero-order valence-electron chi connectivity index (χ0n) is 9.42. The highest BCUT2D eigenvalue weighted by molar-refractivity contribution is 7.74. The maximum absolute atomic E-state index is 10.7. The van der Waals surface area contributed by atoms with Gasteiger partial charge < -0.3 is 5.11 Å². The van der Waals surface area contributed by atoms with Crippen LogP contribution >= 0.6 is 0 Å². The zero-order valence-corrected chi connectivity index (χ0v) is 10.2. The Balaban J connectivity index is 2.74. The molecule has 1 fully saturated rings. The third-order valence-corrected chi connectivity index (χ3v) is 3.73. The minimum Gasteiger partial charge on any atom is -0.390 e. The molecule has 0 radical (unpaired) electrons. The Bertz CT molecular complexity index is 231. The number of aliphatic hydroxyl groups excluding tert-OH is 1. The number of aliphatic hydroxyl groups is 1. The van der Waals surface area contributed by atoms with Gasteiger partial charge in [-0.3, -0.25) is 8.74 Å². The van der Waals surface area contributed by atoms with Crippen LogP contribution in [0.25, 0.3) is 0 Å². The fraction of sp³-hybridized carbons (Fsp3) is 1.00. The molecule has 2 N–H and O–H groups in total. The van der Waals surface area contributed by atoms with E-state index in [-0.39, 0.29) is 11.8 Å². The molecule has 0 spiro atoms. The first-order valence-electron chi connectivity index (χ1n) is 5.39. The Morgan fingerprint density at radius 3 is 2.47 bits per heavy atom. The second-order valence-corrected chi connectivity index (χ2v) is 5.36. The number of rotatable bonds is 3. The molecule has 0 saturated heterocycles. The lowest BCUT2D eigenvalue weighted by atomic mass is 9.74. The average molecular weight is 236 g/mol. The molecule has 5 atom stereocenters. The Morgan fingerprint density at radius 2 is 2.00 bits per heavy atom. The van der Waals surface area contributed by atoms with E-state index >= 15 is 0 Å². The van der Waals surface area contributed by atoms with Gasteiger partial charge in [-0.05, 0) is 30.6 Å². The molecule has 0 aromatic rings. The molecule has 0 heterocycles. The Kier molecular flexibility index (Phi) is 4.70. The molecule has 0 aromatic carbocycles. The van der Waals surface area contributed by atoms with Crippen LogP contribution in [0.2, 0.25) is 0 Å². The monoisotopic (exact) mass is 236 g/mol. The van der Waals surface area contributed by atoms with Gasteiger partial charge >= 0.3 is 11.4 Å². The summed E-state index contributed by atoms with van der Waals surface area (Å²) < 4.78 is 24.3. The Hall–Kier alpha value is 0.0300. The van der Waals surface area contributed by atoms with Crippen molar-refractivity contribution in [2.75, 3.05) is 0 Å². The van der Waals surface area contributed by atoms with E-state index in [1.807, 2.05) is 20.8 Å². The van der Waals surface area contributed by atoms with Crippen LogP contribution in [0.5, 0.6) is 0 Å². The van der Waals surface area contributed by atoms with Crippen molar-refractivity contribution in [1.82, 2.24) is 0 Å². The Labute approximate surface area is 93.5 Å². The second-order valence-electron chi connectivity index (χ2n) is 4.73. The van der Waals surface area contributed by atoms with E-state index in [0.29, 0.717) is 5.92 Å². The normalized spacial score (nSPS) is 39.3. The first-order chi connectivity index (χ1) is 6.93. The quantitative estimate of drug-likeness (QED) is 0.730. The molecule has 0 bridgehead atoms. The van der Waals surface area contributed by atoms with Gasteiger partial charge in [-0.1, -0.05) is 20.8 Å². The van der Waals surface area contributed by atoms with Crippen molar-refractivity contribution in [3.63, 3.8) is 0 Å². The third kappa shape index (κ3) is 3.24. The van der Waals surface area contributed by atoms with E-state index in [4.69, 9.17) is 8.74 Å². The van der Waals surface area contributed by atoms with Crippen LogP contribution in [0, 0.1) is 17.8 Å². The molecule has 15 heavy (non-hydrogen) atoms. The summed E-state index contributed by atoms with van der Waals surface area (Å²) in [6.07, 6.45) is 0.738. The van der Waals surface area contributed by atoms with Crippen LogP contribution in [0.3, 0.4) is 0 Å². The maximum atomic E-state index is 10.7. The van der Waals surface area contributed by atoms with Crippen molar-refractivity contribution in [1.29, 1.82) is 0 Å². The van der Waals surface area contributed by atoms with E-state index in [2.05, 4.69) is 0 Å². The molecule has 5 unspecified atom stereocenters. The van der Waals surface area contributed by atoms with Gasteiger partial charge in [0.1, 0.15) is 6.10 Å². The summed E-state index contributed by atoms with van der Waals surface area (Å²) in [6, 6.07) is 0. The molecule has 1 saturated carbocycles. The van der Waals surface area contributed by atoms with E-state index in [0.717, 1.165) is 12.8 Å². The van der Waals surface area contributed by atoms with Gasteiger partial charge in [0.2, 0.25) is 0 Å². The molecular formula is C10H20O4S. The SMILES string of the molecule is CC(C)C1CCC(C)C(O)C1OS(=O)O. The maximum Gasteiger partial charge on any atom is 0.302 e. The molecule has 1 aliphatic carbocycles. The number of hydrogen-bond donors (Lipinski definition) is 2. The summed E-state index contributed by atoms with van der Waals surface area (Å²) in [5.74, 6) is 0.640. The van der Waals surface area contributed by atoms with E-state index in [1.165, 1.54) is 0 Å². The summed E-state index contributed by atoms with van der Waals surface area (Å²) in [6.45, 7) is 6.03. The van der Waals surface area contributed by atoms with Crippen LogP contribution in [0.15, 0.2) is 0 Å². The molecule has 0 aliphatic heterocycles. The van der Waals surface area contributed by atoms with Gasteiger partial charge in [-0.15, -0.1) is 0 Å². The smallest absolute Gasteiger partial charge is 0.302 e. The predicted molar refractivity (Wildman–Crippen MR) is 58.4 cm³/mol. The molecule has 5 heteroatoms. The Morgan fingerprint density at radius 1 is 1.40 bits per heavy atom. The lowest BCUT2D eigenvalue weighted by molar-refractivity contribution is -0.0670. The minimum atomic E-state index is -2.30. The standard InChI is InChI=1S/C10H20O4S/c1-6(2)8-5-4-7(3)9(11)10(8)14-15(12)13/h6-11H,4-5H2,1-3H3,(H,12,13). The number of hydrogen-bond acceptors (Lipinski definition) is 3. The highest BCUT2D eigenvalue weighted by atomic mass is 32.2. The molecule has 4 nitrogen and oxygen atoms in total. The molecule has 1 aliphatic rings. The first kappa shape index (κ1) is 13.1. The fourth-order valence-corrected chi connectivity index (χ4v) is 2.75. The highest BCUT2D eigenvalue weighted by Crippen LogP contribution is 2.35. The summed E-state index contributed by atoms with van der Waals surface area (Å²) in [5.41, 5.74) is 0.